The molecule has 0 unspecified atom stereocenters. The highest BCUT2D eigenvalue weighted by Crippen LogP contribution is 2.38. The van der Waals surface area contributed by atoms with Crippen molar-refractivity contribution in [3.63, 3.8) is 0 Å². The fourth-order valence-electron chi connectivity index (χ4n) is 2.41. The molecular weight excluding hydrogens is 268 g/mol. The van der Waals surface area contributed by atoms with Crippen LogP contribution in [-0.4, -0.2) is 18.3 Å². The van der Waals surface area contributed by atoms with E-state index in [0.29, 0.717) is 5.92 Å². The van der Waals surface area contributed by atoms with Gasteiger partial charge >= 0.3 is 0 Å². The van der Waals surface area contributed by atoms with E-state index in [1.165, 1.54) is 5.56 Å². The minimum atomic E-state index is -0.102. The molecule has 3 heteroatoms. The van der Waals surface area contributed by atoms with E-state index in [0.717, 1.165) is 35.9 Å². The summed E-state index contributed by atoms with van der Waals surface area (Å²) < 4.78 is 6.49. The van der Waals surface area contributed by atoms with Gasteiger partial charge in [0.2, 0.25) is 0 Å². The second-order valence-corrected chi connectivity index (χ2v) is 5.31. The van der Waals surface area contributed by atoms with Gasteiger partial charge in [-0.3, -0.25) is 0 Å². The number of hydrogen-bond acceptors (Lipinski definition) is 2. The zero-order chi connectivity index (χ0) is 11.5. The molecule has 2 rings (SSSR count). The number of rotatable bonds is 2. The molecule has 1 N–H and O–H groups in total. The van der Waals surface area contributed by atoms with E-state index in [2.05, 4.69) is 22.0 Å². The summed E-state index contributed by atoms with van der Waals surface area (Å²) in [6, 6.07) is 6.14. The Morgan fingerprint density at radius 1 is 1.25 bits per heavy atom. The first-order valence-electron chi connectivity index (χ1n) is 5.72. The lowest BCUT2D eigenvalue weighted by Crippen LogP contribution is -2.17. The van der Waals surface area contributed by atoms with Crippen molar-refractivity contribution < 1.29 is 9.84 Å². The van der Waals surface area contributed by atoms with Gasteiger partial charge in [0.15, 0.2) is 0 Å². The molecule has 1 saturated carbocycles. The summed E-state index contributed by atoms with van der Waals surface area (Å²) >= 11 is 3.50. The molecule has 0 bridgehead atoms. The molecule has 0 amide bonds. The van der Waals surface area contributed by atoms with Crippen molar-refractivity contribution >= 4 is 15.9 Å². The number of halogens is 1. The zero-order valence-corrected chi connectivity index (χ0v) is 11.0. The summed E-state index contributed by atoms with van der Waals surface area (Å²) in [5, 5.41) is 9.51. The van der Waals surface area contributed by atoms with E-state index in [-0.39, 0.29) is 6.10 Å². The fourth-order valence-corrected chi connectivity index (χ4v) is 2.79. The lowest BCUT2D eigenvalue weighted by atomic mass is 9.82. The fraction of sp³-hybridized carbons (Fsp3) is 0.538. The minimum Gasteiger partial charge on any atom is -0.496 e. The minimum absolute atomic E-state index is 0.102. The van der Waals surface area contributed by atoms with Crippen LogP contribution in [0.1, 0.15) is 37.2 Å². The standard InChI is InChI=1S/C13H17BrO2/c1-16-13-7-4-10(14)8-12(13)9-2-5-11(15)6-3-9/h4,7-9,11,15H,2-3,5-6H2,1H3. The highest BCUT2D eigenvalue weighted by molar-refractivity contribution is 9.10. The monoisotopic (exact) mass is 284 g/mol. The Balaban J connectivity index is 2.21. The van der Waals surface area contributed by atoms with Gasteiger partial charge in [0.25, 0.3) is 0 Å². The maximum atomic E-state index is 9.51. The average molecular weight is 285 g/mol. The van der Waals surface area contributed by atoms with E-state index < -0.39 is 0 Å². The number of aliphatic hydroxyl groups excluding tert-OH is 1. The summed E-state index contributed by atoms with van der Waals surface area (Å²) in [5.41, 5.74) is 1.27. The van der Waals surface area contributed by atoms with Crippen LogP contribution in [0.2, 0.25) is 0 Å². The van der Waals surface area contributed by atoms with Crippen LogP contribution in [0.5, 0.6) is 5.75 Å². The highest BCUT2D eigenvalue weighted by Gasteiger charge is 2.23. The van der Waals surface area contributed by atoms with Crippen LogP contribution in [0.25, 0.3) is 0 Å². The third-order valence-electron chi connectivity index (χ3n) is 3.33. The van der Waals surface area contributed by atoms with Crippen molar-refractivity contribution in [3.05, 3.63) is 28.2 Å². The van der Waals surface area contributed by atoms with Gasteiger partial charge in [-0.1, -0.05) is 15.9 Å². The van der Waals surface area contributed by atoms with E-state index in [4.69, 9.17) is 4.74 Å². The molecule has 1 aliphatic carbocycles. The molecule has 0 aromatic heterocycles. The Bertz CT molecular complexity index is 357. The number of methoxy groups -OCH3 is 1. The lowest BCUT2D eigenvalue weighted by Gasteiger charge is -2.27. The van der Waals surface area contributed by atoms with Gasteiger partial charge < -0.3 is 9.84 Å². The van der Waals surface area contributed by atoms with Crippen LogP contribution in [0.4, 0.5) is 0 Å². The van der Waals surface area contributed by atoms with Crippen molar-refractivity contribution in [3.8, 4) is 5.75 Å². The molecule has 1 aromatic rings. The van der Waals surface area contributed by atoms with Gasteiger partial charge in [-0.05, 0) is 55.4 Å². The van der Waals surface area contributed by atoms with Gasteiger partial charge in [0, 0.05) is 4.47 Å². The largest absolute Gasteiger partial charge is 0.496 e. The van der Waals surface area contributed by atoms with Crippen LogP contribution >= 0.6 is 15.9 Å². The molecule has 1 fully saturated rings. The molecule has 2 nitrogen and oxygen atoms in total. The molecule has 88 valence electrons. The molecule has 0 radical (unpaired) electrons. The lowest BCUT2D eigenvalue weighted by molar-refractivity contribution is 0.122. The topological polar surface area (TPSA) is 29.5 Å². The Kier molecular flexibility index (Phi) is 3.87. The predicted octanol–water partition coefficient (Wildman–Crippen LogP) is 3.48. The van der Waals surface area contributed by atoms with E-state index in [9.17, 15) is 5.11 Å². The van der Waals surface area contributed by atoms with Crippen molar-refractivity contribution in [1.82, 2.24) is 0 Å². The molecule has 0 spiro atoms. The van der Waals surface area contributed by atoms with E-state index in [1.54, 1.807) is 7.11 Å². The first-order chi connectivity index (χ1) is 7.70. The Labute approximate surface area is 105 Å². The number of hydrogen-bond donors (Lipinski definition) is 1. The summed E-state index contributed by atoms with van der Waals surface area (Å²) in [5.74, 6) is 1.49. The predicted molar refractivity (Wildman–Crippen MR) is 67.9 cm³/mol. The van der Waals surface area contributed by atoms with Crippen LogP contribution in [0, 0.1) is 0 Å². The average Bonchev–Trinajstić information content (AvgIpc) is 2.30. The van der Waals surface area contributed by atoms with Gasteiger partial charge in [0.1, 0.15) is 5.75 Å². The van der Waals surface area contributed by atoms with Crippen molar-refractivity contribution in [2.24, 2.45) is 0 Å². The van der Waals surface area contributed by atoms with Crippen molar-refractivity contribution in [2.45, 2.75) is 37.7 Å². The van der Waals surface area contributed by atoms with Crippen LogP contribution in [-0.2, 0) is 0 Å². The molecule has 0 heterocycles. The maximum Gasteiger partial charge on any atom is 0.122 e. The van der Waals surface area contributed by atoms with Crippen LogP contribution in [0.15, 0.2) is 22.7 Å². The van der Waals surface area contributed by atoms with Crippen molar-refractivity contribution in [1.29, 1.82) is 0 Å². The quantitative estimate of drug-likeness (QED) is 0.901. The summed E-state index contributed by atoms with van der Waals surface area (Å²) in [7, 11) is 1.71. The summed E-state index contributed by atoms with van der Waals surface area (Å²) in [6.45, 7) is 0. The number of ether oxygens (including phenoxy) is 1. The molecular formula is C13H17BrO2. The smallest absolute Gasteiger partial charge is 0.122 e. The second-order valence-electron chi connectivity index (χ2n) is 4.39. The highest BCUT2D eigenvalue weighted by atomic mass is 79.9. The Morgan fingerprint density at radius 2 is 1.94 bits per heavy atom. The van der Waals surface area contributed by atoms with Gasteiger partial charge in [-0.2, -0.15) is 0 Å². The van der Waals surface area contributed by atoms with Gasteiger partial charge in [-0.15, -0.1) is 0 Å². The van der Waals surface area contributed by atoms with Gasteiger partial charge in [0.05, 0.1) is 13.2 Å². The first kappa shape index (κ1) is 11.9. The first-order valence-corrected chi connectivity index (χ1v) is 6.51. The zero-order valence-electron chi connectivity index (χ0n) is 9.45. The molecule has 0 aliphatic heterocycles. The third kappa shape index (κ3) is 2.58. The molecule has 1 aliphatic rings. The molecule has 1 aromatic carbocycles. The normalized spacial score (nSPS) is 25.4. The van der Waals surface area contributed by atoms with E-state index >= 15 is 0 Å². The SMILES string of the molecule is COc1ccc(Br)cc1C1CCC(O)CC1. The Morgan fingerprint density at radius 3 is 2.56 bits per heavy atom. The molecule has 0 atom stereocenters. The van der Waals surface area contributed by atoms with Crippen LogP contribution < -0.4 is 4.74 Å². The van der Waals surface area contributed by atoms with Crippen LogP contribution in [0.3, 0.4) is 0 Å². The maximum absolute atomic E-state index is 9.51. The van der Waals surface area contributed by atoms with Crippen molar-refractivity contribution in [2.75, 3.05) is 7.11 Å². The molecule has 0 saturated heterocycles. The summed E-state index contributed by atoms with van der Waals surface area (Å²) in [6.07, 6.45) is 3.80. The van der Waals surface area contributed by atoms with E-state index in [1.807, 2.05) is 12.1 Å². The third-order valence-corrected chi connectivity index (χ3v) is 3.82. The van der Waals surface area contributed by atoms with Gasteiger partial charge in [-0.25, -0.2) is 0 Å². The number of benzene rings is 1. The second kappa shape index (κ2) is 5.19. The Hall–Kier alpha value is -0.540. The number of aliphatic hydroxyl groups is 1. The molecule has 16 heavy (non-hydrogen) atoms. The summed E-state index contributed by atoms with van der Waals surface area (Å²) in [4.78, 5) is 0.